The van der Waals surface area contributed by atoms with E-state index in [1.54, 1.807) is 25.1 Å². The fourth-order valence-electron chi connectivity index (χ4n) is 3.70. The van der Waals surface area contributed by atoms with Crippen LogP contribution in [0.5, 0.6) is 5.75 Å². The maximum absolute atomic E-state index is 11.3. The number of rotatable bonds is 6. The number of benzene rings is 2. The van der Waals surface area contributed by atoms with Crippen molar-refractivity contribution in [2.75, 3.05) is 20.0 Å². The third-order valence-corrected chi connectivity index (χ3v) is 5.26. The molecule has 0 fully saturated rings. The van der Waals surface area contributed by atoms with Gasteiger partial charge in [0.1, 0.15) is 11.9 Å². The van der Waals surface area contributed by atoms with E-state index in [-0.39, 0.29) is 5.96 Å². The van der Waals surface area contributed by atoms with Crippen LogP contribution in [-0.2, 0) is 16.0 Å². The van der Waals surface area contributed by atoms with Gasteiger partial charge in [0.05, 0.1) is 18.3 Å². The Morgan fingerprint density at radius 1 is 1.26 bits per heavy atom. The molecule has 1 heterocycles. The normalized spacial score (nSPS) is 22.9. The molecule has 0 radical (unpaired) electrons. The van der Waals surface area contributed by atoms with Gasteiger partial charge in [0.2, 0.25) is 5.96 Å². The van der Waals surface area contributed by atoms with Crippen LogP contribution in [0.15, 0.2) is 53.5 Å². The van der Waals surface area contributed by atoms with Gasteiger partial charge in [0.15, 0.2) is 18.1 Å². The van der Waals surface area contributed by atoms with Gasteiger partial charge in [0.25, 0.3) is 0 Å². The minimum Gasteiger partial charge on any atom is -0.477 e. The van der Waals surface area contributed by atoms with Gasteiger partial charge in [-0.25, -0.2) is 4.99 Å². The number of nitrogen functional groups attached to an aromatic ring is 1. The maximum Gasteiger partial charge on any atom is 0.205 e. The predicted molar refractivity (Wildman–Crippen MR) is 116 cm³/mol. The van der Waals surface area contributed by atoms with Crippen LogP contribution in [0.2, 0.25) is 0 Å². The van der Waals surface area contributed by atoms with Gasteiger partial charge in [-0.3, -0.25) is 5.32 Å². The highest BCUT2D eigenvalue weighted by Gasteiger charge is 2.52. The highest BCUT2D eigenvalue weighted by Crippen LogP contribution is 2.44. The highest BCUT2D eigenvalue weighted by molar-refractivity contribution is 5.82. The second kappa shape index (κ2) is 9.66. The molecule has 1 aliphatic rings. The Balaban J connectivity index is 1.98. The van der Waals surface area contributed by atoms with E-state index < -0.39 is 24.0 Å². The van der Waals surface area contributed by atoms with Crippen molar-refractivity contribution < 1.29 is 19.3 Å². The van der Waals surface area contributed by atoms with E-state index in [0.29, 0.717) is 23.5 Å². The van der Waals surface area contributed by atoms with Crippen molar-refractivity contribution in [3.63, 3.8) is 0 Å². The summed E-state index contributed by atoms with van der Waals surface area (Å²) in [5, 5.41) is 26.2. The van der Waals surface area contributed by atoms with Crippen LogP contribution < -0.4 is 21.1 Å². The number of ether oxygens (including phenoxy) is 3. The number of anilines is 1. The van der Waals surface area contributed by atoms with Gasteiger partial charge in [0, 0.05) is 19.8 Å². The molecule has 3 rings (SSSR count). The zero-order valence-electron chi connectivity index (χ0n) is 17.7. The number of aliphatic hydroxyl groups is 1. The lowest BCUT2D eigenvalue weighted by molar-refractivity contribution is -0.238. The molecule has 0 aromatic heterocycles. The van der Waals surface area contributed by atoms with E-state index in [9.17, 15) is 10.4 Å². The van der Waals surface area contributed by atoms with E-state index in [2.05, 4.69) is 15.6 Å². The van der Waals surface area contributed by atoms with Gasteiger partial charge < -0.3 is 30.4 Å². The zero-order valence-corrected chi connectivity index (χ0v) is 17.7. The molecule has 3 unspecified atom stereocenters. The van der Waals surface area contributed by atoms with E-state index in [1.807, 2.05) is 36.5 Å². The summed E-state index contributed by atoms with van der Waals surface area (Å²) in [6.07, 6.45) is -0.132. The van der Waals surface area contributed by atoms with Crippen LogP contribution in [0.3, 0.4) is 0 Å². The molecule has 0 saturated heterocycles. The summed E-state index contributed by atoms with van der Waals surface area (Å²) in [4.78, 5) is 4.47. The predicted octanol–water partition coefficient (Wildman–Crippen LogP) is 1.66. The number of aliphatic imine (C=N–C) groups is 1. The van der Waals surface area contributed by atoms with E-state index >= 15 is 0 Å². The molecule has 2 aromatic rings. The Morgan fingerprint density at radius 3 is 2.61 bits per heavy atom. The van der Waals surface area contributed by atoms with Crippen molar-refractivity contribution in [2.24, 2.45) is 4.99 Å². The summed E-state index contributed by atoms with van der Waals surface area (Å²) in [7, 11) is 2.93. The minimum atomic E-state index is -1.29. The fourth-order valence-corrected chi connectivity index (χ4v) is 3.70. The monoisotopic (exact) mass is 425 g/mol. The number of fused-ring (bicyclic) bond motifs is 1. The van der Waals surface area contributed by atoms with Gasteiger partial charge >= 0.3 is 0 Å². The molecule has 0 amide bonds. The van der Waals surface area contributed by atoms with Crippen molar-refractivity contribution in [1.82, 2.24) is 10.6 Å². The first-order chi connectivity index (χ1) is 14.9. The fraction of sp³-hybridized carbons (Fsp3) is 0.364. The summed E-state index contributed by atoms with van der Waals surface area (Å²) in [5.41, 5.74) is 6.88. The highest BCUT2D eigenvalue weighted by atomic mass is 16.7. The molecule has 2 aromatic carbocycles. The van der Waals surface area contributed by atoms with Crippen LogP contribution in [0.4, 0.5) is 5.69 Å². The number of aliphatic hydroxyl groups excluding tert-OH is 1. The van der Waals surface area contributed by atoms with Crippen LogP contribution in [0, 0.1) is 11.5 Å². The van der Waals surface area contributed by atoms with Crippen molar-refractivity contribution in [3.8, 4) is 11.9 Å². The molecule has 9 nitrogen and oxygen atoms in total. The first-order valence-corrected chi connectivity index (χ1v) is 9.75. The van der Waals surface area contributed by atoms with Crippen LogP contribution in [0.1, 0.15) is 24.1 Å². The average molecular weight is 425 g/mol. The van der Waals surface area contributed by atoms with Gasteiger partial charge in [-0.1, -0.05) is 42.5 Å². The molecule has 31 heavy (non-hydrogen) atoms. The Hall–Kier alpha value is -3.32. The number of para-hydroxylation sites is 1. The number of nitriles is 1. The standard InChI is InChI=1S/C22H27N5O4/c1-22(20(29-2)30-3)19(28)17(15-10-7-11-16(24)18(15)31-22)27-21(26-13-23)25-12-14-8-5-4-6-9-14/h4-11,17,19-20,28H,12,24H2,1-3H3,(H2,25,26,27). The number of hydrogen-bond acceptors (Lipinski definition) is 7. The first-order valence-electron chi connectivity index (χ1n) is 9.75. The summed E-state index contributed by atoms with van der Waals surface area (Å²) in [6.45, 7) is 2.02. The summed E-state index contributed by atoms with van der Waals surface area (Å²) >= 11 is 0. The third-order valence-electron chi connectivity index (χ3n) is 5.26. The minimum absolute atomic E-state index is 0.208. The Morgan fingerprint density at radius 2 is 1.97 bits per heavy atom. The molecular weight excluding hydrogens is 398 g/mol. The van der Waals surface area contributed by atoms with E-state index in [0.717, 1.165) is 5.56 Å². The average Bonchev–Trinajstić information content (AvgIpc) is 2.77. The quantitative estimate of drug-likeness (QED) is 0.137. The summed E-state index contributed by atoms with van der Waals surface area (Å²) < 4.78 is 16.9. The van der Waals surface area contributed by atoms with Gasteiger partial charge in [-0.05, 0) is 18.6 Å². The maximum atomic E-state index is 11.3. The van der Waals surface area contributed by atoms with Crippen LogP contribution in [-0.4, -0.2) is 43.3 Å². The molecule has 1 aliphatic heterocycles. The van der Waals surface area contributed by atoms with E-state index in [1.165, 1.54) is 14.2 Å². The van der Waals surface area contributed by atoms with Crippen molar-refractivity contribution in [3.05, 3.63) is 59.7 Å². The van der Waals surface area contributed by atoms with Gasteiger partial charge in [-0.2, -0.15) is 5.26 Å². The van der Waals surface area contributed by atoms with E-state index in [4.69, 9.17) is 19.9 Å². The molecule has 0 saturated carbocycles. The second-order valence-corrected chi connectivity index (χ2v) is 7.31. The molecule has 9 heteroatoms. The smallest absolute Gasteiger partial charge is 0.205 e. The Bertz CT molecular complexity index is 958. The van der Waals surface area contributed by atoms with Crippen molar-refractivity contribution in [2.45, 2.75) is 37.5 Å². The molecule has 3 atom stereocenters. The van der Waals surface area contributed by atoms with Crippen LogP contribution >= 0.6 is 0 Å². The van der Waals surface area contributed by atoms with Crippen molar-refractivity contribution >= 4 is 11.6 Å². The molecule has 0 aliphatic carbocycles. The Labute approximate surface area is 181 Å². The second-order valence-electron chi connectivity index (χ2n) is 7.31. The SMILES string of the molecule is COC(OC)C1(C)Oc2c(N)cccc2C(NC(=NCc2ccccc2)NC#N)C1O. The lowest BCUT2D eigenvalue weighted by Crippen LogP contribution is -2.62. The number of nitrogens with zero attached hydrogens (tertiary/aromatic N) is 2. The molecule has 0 bridgehead atoms. The topological polar surface area (TPSA) is 134 Å². The first kappa shape index (κ1) is 22.4. The zero-order chi connectivity index (χ0) is 22.4. The number of guanidine groups is 1. The number of nitrogens with two attached hydrogens (primary N) is 1. The van der Waals surface area contributed by atoms with Crippen molar-refractivity contribution in [1.29, 1.82) is 5.26 Å². The lowest BCUT2D eigenvalue weighted by Gasteiger charge is -2.47. The lowest BCUT2D eigenvalue weighted by atomic mass is 9.84. The largest absolute Gasteiger partial charge is 0.477 e. The molecule has 0 spiro atoms. The molecular formula is C22H27N5O4. The van der Waals surface area contributed by atoms with Gasteiger partial charge in [-0.15, -0.1) is 0 Å². The third kappa shape index (κ3) is 4.56. The molecule has 164 valence electrons. The number of hydrogen-bond donors (Lipinski definition) is 4. The summed E-state index contributed by atoms with van der Waals surface area (Å²) in [6, 6.07) is 14.2. The molecule has 5 N–H and O–H groups in total. The number of nitrogens with one attached hydrogen (secondary N) is 2. The Kier molecular flexibility index (Phi) is 6.97. The van der Waals surface area contributed by atoms with Crippen LogP contribution in [0.25, 0.3) is 0 Å². The summed E-state index contributed by atoms with van der Waals surface area (Å²) in [5.74, 6) is 0.616. The number of methoxy groups -OCH3 is 2.